The van der Waals surface area contributed by atoms with Crippen molar-refractivity contribution in [1.29, 1.82) is 0 Å². The van der Waals surface area contributed by atoms with E-state index in [1.807, 2.05) is 0 Å². The highest BCUT2D eigenvalue weighted by molar-refractivity contribution is 2.15. The van der Waals surface area contributed by atoms with Gasteiger partial charge in [0.1, 0.15) is 0 Å². The van der Waals surface area contributed by atoms with E-state index in [1.54, 1.807) is 0 Å². The first-order valence-electron chi connectivity index (χ1n) is 0.632. The normalized spacial score (nSPS) is 6.67. The van der Waals surface area contributed by atoms with Crippen LogP contribution in [-0.4, -0.2) is 26.6 Å². The van der Waals surface area contributed by atoms with Crippen LogP contribution in [0.1, 0.15) is 0 Å². The summed E-state index contributed by atoms with van der Waals surface area (Å²) in [6, 6.07) is 0. The third-order valence-corrected chi connectivity index (χ3v) is 0. The molecule has 0 aliphatic heterocycles. The molecule has 0 bridgehead atoms. The standard InChI is InChI=1S/ClHO4.4H2O/c2-1(3,4)5;;;;/h(H,2,3,4,5);4*1H2. The van der Waals surface area contributed by atoms with Crippen LogP contribution in [-0.2, 0) is 0 Å². The average Bonchev–Trinajstić information content (AvgIpc) is 0.722. The van der Waals surface area contributed by atoms with E-state index in [4.69, 9.17) is 18.6 Å². The van der Waals surface area contributed by atoms with Crippen LogP contribution in [0.4, 0.5) is 0 Å². The zero-order valence-electron chi connectivity index (χ0n) is 4.05. The molecule has 0 rings (SSSR count). The zero-order valence-corrected chi connectivity index (χ0v) is 4.81. The minimum Gasteiger partial charge on any atom is -0.412 e. The molecule has 0 saturated heterocycles. The Hall–Kier alpha value is -0.0300. The van der Waals surface area contributed by atoms with E-state index < -0.39 is 10.2 Å². The van der Waals surface area contributed by atoms with Gasteiger partial charge in [-0.1, -0.05) is 0 Å². The molecule has 0 amide bonds. The molecular formula is H9ClO8. The van der Waals surface area contributed by atoms with Gasteiger partial charge < -0.3 is 21.9 Å². The minimum absolute atomic E-state index is 0. The van der Waals surface area contributed by atoms with E-state index in [0.717, 1.165) is 0 Å². The largest absolute Gasteiger partial charge is 0.412 e. The fraction of sp³-hybridized carbons (Fsp3) is 0. The van der Waals surface area contributed by atoms with Crippen LogP contribution >= 0.6 is 0 Å². The third-order valence-electron chi connectivity index (χ3n) is 0. The van der Waals surface area contributed by atoms with Crippen molar-refractivity contribution in [2.75, 3.05) is 0 Å². The first-order chi connectivity index (χ1) is 2.00. The van der Waals surface area contributed by atoms with Crippen molar-refractivity contribution >= 4 is 0 Å². The van der Waals surface area contributed by atoms with E-state index in [1.165, 1.54) is 0 Å². The molecule has 64 valence electrons. The number of halogens is 1. The molecule has 0 aromatic carbocycles. The lowest BCUT2D eigenvalue weighted by Crippen LogP contribution is -2.58. The summed E-state index contributed by atoms with van der Waals surface area (Å²) < 4.78 is 32.7. The van der Waals surface area contributed by atoms with E-state index >= 15 is 0 Å². The number of hydrogen-bond acceptors (Lipinski definition) is 4. The summed E-state index contributed by atoms with van der Waals surface area (Å²) in [4.78, 5) is 0. The highest BCUT2D eigenvalue weighted by atomic mass is 35.7. The SMILES string of the molecule is O.O.O.O.[O-][Cl+3]([O-])([O-])O. The van der Waals surface area contributed by atoms with Gasteiger partial charge in [-0.2, -0.15) is 14.0 Å². The maximum absolute atomic E-state index is 8.60. The van der Waals surface area contributed by atoms with E-state index in [9.17, 15) is 0 Å². The molecular weight excluding hydrogens is 163 g/mol. The van der Waals surface area contributed by atoms with Gasteiger partial charge in [-0.3, -0.25) is 0 Å². The van der Waals surface area contributed by atoms with Gasteiger partial charge in [0.2, 0.25) is 0 Å². The zero-order chi connectivity index (χ0) is 4.50. The van der Waals surface area contributed by atoms with Crippen molar-refractivity contribution in [2.45, 2.75) is 0 Å². The molecule has 0 unspecified atom stereocenters. The first-order valence-corrected chi connectivity index (χ1v) is 1.90. The van der Waals surface area contributed by atoms with Gasteiger partial charge in [0.15, 0.2) is 0 Å². The van der Waals surface area contributed by atoms with Crippen LogP contribution in [0.15, 0.2) is 0 Å². The Bertz CT molecular complexity index is 20.0. The molecule has 0 spiro atoms. The molecule has 0 fully saturated rings. The van der Waals surface area contributed by atoms with Crippen molar-refractivity contribution in [3.05, 3.63) is 0 Å². The van der Waals surface area contributed by atoms with Crippen molar-refractivity contribution in [2.24, 2.45) is 0 Å². The lowest BCUT2D eigenvalue weighted by Gasteiger charge is -2.03. The Balaban J connectivity index is -0.0000000133. The summed E-state index contributed by atoms with van der Waals surface area (Å²) in [6.07, 6.45) is 0. The molecule has 0 aliphatic carbocycles. The molecule has 9 heavy (non-hydrogen) atoms. The molecule has 0 saturated carbocycles. The predicted octanol–water partition coefficient (Wildman–Crippen LogP) is -7.42. The fourth-order valence-electron chi connectivity index (χ4n) is 0. The van der Waals surface area contributed by atoms with Gasteiger partial charge in [-0.25, -0.2) is 0 Å². The second kappa shape index (κ2) is 10.9. The van der Waals surface area contributed by atoms with Gasteiger partial charge in [-0.15, -0.1) is 0 Å². The number of hydrogen-bond donors (Lipinski definition) is 1. The number of rotatable bonds is 0. The third kappa shape index (κ3) is 316000. The average molecular weight is 173 g/mol. The summed E-state index contributed by atoms with van der Waals surface area (Å²) in [5.41, 5.74) is 0. The van der Waals surface area contributed by atoms with Crippen LogP contribution in [0, 0.1) is 10.2 Å². The summed E-state index contributed by atoms with van der Waals surface area (Å²) >= 11 is 0. The van der Waals surface area contributed by atoms with Crippen molar-refractivity contribution < 1.29 is 50.8 Å². The minimum atomic E-state index is -4.69. The topological polar surface area (TPSA) is 215 Å². The van der Waals surface area contributed by atoms with Crippen molar-refractivity contribution in [1.82, 2.24) is 0 Å². The second-order valence-electron chi connectivity index (χ2n) is 0.396. The van der Waals surface area contributed by atoms with Crippen LogP contribution in [0.3, 0.4) is 0 Å². The van der Waals surface area contributed by atoms with Crippen LogP contribution in [0.5, 0.6) is 0 Å². The van der Waals surface area contributed by atoms with E-state index in [0.29, 0.717) is 0 Å². The van der Waals surface area contributed by atoms with Gasteiger partial charge in [0, 0.05) is 0 Å². The van der Waals surface area contributed by atoms with Crippen LogP contribution in [0.2, 0.25) is 0 Å². The van der Waals surface area contributed by atoms with E-state index in [-0.39, 0.29) is 21.9 Å². The molecule has 9 heteroatoms. The highest BCUT2D eigenvalue weighted by Crippen LogP contribution is 1.60. The summed E-state index contributed by atoms with van der Waals surface area (Å²) in [5.74, 6) is 0. The maximum atomic E-state index is 8.60. The quantitative estimate of drug-likeness (QED) is 0.376. The fourth-order valence-corrected chi connectivity index (χ4v) is 0. The van der Waals surface area contributed by atoms with Gasteiger partial charge >= 0.3 is 0 Å². The Morgan fingerprint density at radius 2 is 0.778 bits per heavy atom. The van der Waals surface area contributed by atoms with Gasteiger partial charge in [0.05, 0.1) is 14.9 Å². The van der Waals surface area contributed by atoms with Crippen molar-refractivity contribution in [3.8, 4) is 0 Å². The van der Waals surface area contributed by atoms with Crippen LogP contribution < -0.4 is 14.0 Å². The smallest absolute Gasteiger partial charge is 0.0777 e. The molecule has 0 aromatic heterocycles. The Morgan fingerprint density at radius 3 is 0.778 bits per heavy atom. The van der Waals surface area contributed by atoms with Crippen molar-refractivity contribution in [3.63, 3.8) is 0 Å². The van der Waals surface area contributed by atoms with Crippen LogP contribution in [0.25, 0.3) is 0 Å². The van der Waals surface area contributed by atoms with Gasteiger partial charge in [0.25, 0.3) is 0 Å². The molecule has 0 atom stereocenters. The monoisotopic (exact) mass is 172 g/mol. The summed E-state index contributed by atoms with van der Waals surface area (Å²) in [5, 5.41) is 0. The molecule has 0 heterocycles. The highest BCUT2D eigenvalue weighted by Gasteiger charge is 1.98. The molecule has 8 nitrogen and oxygen atoms in total. The second-order valence-corrected chi connectivity index (χ2v) is 1.19. The molecule has 0 aliphatic rings. The molecule has 9 N–H and O–H groups in total. The lowest BCUT2D eigenvalue weighted by molar-refractivity contribution is -1.92. The lowest BCUT2D eigenvalue weighted by atomic mass is 15.8. The molecule has 0 radical (unpaired) electrons. The predicted molar refractivity (Wildman–Crippen MR) is 16.7 cm³/mol. The Labute approximate surface area is 51.9 Å². The molecule has 0 aromatic rings. The maximum Gasteiger partial charge on any atom is 0.0777 e. The van der Waals surface area contributed by atoms with E-state index in [2.05, 4.69) is 0 Å². The first kappa shape index (κ1) is 36.2. The van der Waals surface area contributed by atoms with Gasteiger partial charge in [-0.05, 0) is 0 Å². The Morgan fingerprint density at radius 1 is 0.778 bits per heavy atom. The summed E-state index contributed by atoms with van der Waals surface area (Å²) in [6.45, 7) is 0. The Kier molecular flexibility index (Phi) is 43.6. The summed E-state index contributed by atoms with van der Waals surface area (Å²) in [7, 11) is -4.69.